The van der Waals surface area contributed by atoms with Crippen molar-refractivity contribution in [2.45, 2.75) is 13.3 Å². The fourth-order valence-corrected chi connectivity index (χ4v) is 2.33. The summed E-state index contributed by atoms with van der Waals surface area (Å²) < 4.78 is 11.4. The summed E-state index contributed by atoms with van der Waals surface area (Å²) in [5, 5.41) is 2.41. The van der Waals surface area contributed by atoms with E-state index >= 15 is 0 Å². The molecule has 1 fully saturated rings. The van der Waals surface area contributed by atoms with Crippen molar-refractivity contribution in [2.75, 3.05) is 19.8 Å². The minimum absolute atomic E-state index is 0.233. The molecular weight excluding hydrogens is 224 g/mol. The topological polar surface area (TPSA) is 18.5 Å². The van der Waals surface area contributed by atoms with Crippen molar-refractivity contribution < 1.29 is 9.47 Å². The van der Waals surface area contributed by atoms with E-state index in [0.29, 0.717) is 0 Å². The molecule has 0 bridgehead atoms. The standard InChI is InChI=1S/C16H18O2/c1-2-16(10-17-11-16)12-18-15-9-5-7-13-6-3-4-8-14(13)15/h3-9H,2,10-12H2,1H3. The maximum absolute atomic E-state index is 6.04. The highest BCUT2D eigenvalue weighted by molar-refractivity contribution is 5.88. The van der Waals surface area contributed by atoms with Gasteiger partial charge in [-0.2, -0.15) is 0 Å². The van der Waals surface area contributed by atoms with E-state index in [0.717, 1.165) is 32.0 Å². The van der Waals surface area contributed by atoms with Gasteiger partial charge in [-0.3, -0.25) is 0 Å². The Kier molecular flexibility index (Phi) is 2.96. The number of hydrogen-bond donors (Lipinski definition) is 0. The van der Waals surface area contributed by atoms with Crippen LogP contribution in [0, 0.1) is 5.41 Å². The summed E-state index contributed by atoms with van der Waals surface area (Å²) >= 11 is 0. The Hall–Kier alpha value is -1.54. The molecule has 1 heterocycles. The van der Waals surface area contributed by atoms with Crippen LogP contribution in [0.4, 0.5) is 0 Å². The molecule has 2 aromatic carbocycles. The average Bonchev–Trinajstić information content (AvgIpc) is 2.38. The van der Waals surface area contributed by atoms with Crippen LogP contribution < -0.4 is 4.74 Å². The molecule has 3 rings (SSSR count). The molecule has 0 aromatic heterocycles. The highest BCUT2D eigenvalue weighted by atomic mass is 16.5. The van der Waals surface area contributed by atoms with E-state index in [4.69, 9.17) is 9.47 Å². The van der Waals surface area contributed by atoms with Gasteiger partial charge >= 0.3 is 0 Å². The molecule has 94 valence electrons. The van der Waals surface area contributed by atoms with Crippen LogP contribution in [-0.2, 0) is 4.74 Å². The van der Waals surface area contributed by atoms with E-state index in [1.807, 2.05) is 12.1 Å². The Balaban J connectivity index is 1.82. The summed E-state index contributed by atoms with van der Waals surface area (Å²) in [4.78, 5) is 0. The Labute approximate surface area is 108 Å². The summed E-state index contributed by atoms with van der Waals surface area (Å²) in [6.07, 6.45) is 1.11. The third kappa shape index (κ3) is 1.97. The lowest BCUT2D eigenvalue weighted by Gasteiger charge is -2.40. The van der Waals surface area contributed by atoms with Gasteiger partial charge in [-0.25, -0.2) is 0 Å². The van der Waals surface area contributed by atoms with Gasteiger partial charge in [0, 0.05) is 5.39 Å². The molecule has 1 aliphatic heterocycles. The Morgan fingerprint density at radius 2 is 1.89 bits per heavy atom. The molecule has 1 aliphatic rings. The van der Waals surface area contributed by atoms with Crippen molar-refractivity contribution in [3.8, 4) is 5.75 Å². The van der Waals surface area contributed by atoms with Crippen molar-refractivity contribution in [3.63, 3.8) is 0 Å². The molecule has 0 spiro atoms. The molecule has 0 amide bonds. The quantitative estimate of drug-likeness (QED) is 0.814. The van der Waals surface area contributed by atoms with Gasteiger partial charge < -0.3 is 9.47 Å². The molecular formula is C16H18O2. The Morgan fingerprint density at radius 3 is 2.61 bits per heavy atom. The van der Waals surface area contributed by atoms with E-state index in [-0.39, 0.29) is 5.41 Å². The second kappa shape index (κ2) is 4.62. The zero-order chi connectivity index (χ0) is 12.4. The predicted molar refractivity (Wildman–Crippen MR) is 73.0 cm³/mol. The van der Waals surface area contributed by atoms with Gasteiger partial charge in [0.25, 0.3) is 0 Å². The van der Waals surface area contributed by atoms with E-state index in [9.17, 15) is 0 Å². The van der Waals surface area contributed by atoms with Gasteiger partial charge in [-0.1, -0.05) is 43.3 Å². The van der Waals surface area contributed by atoms with Crippen LogP contribution in [0.1, 0.15) is 13.3 Å². The zero-order valence-corrected chi connectivity index (χ0v) is 10.7. The molecule has 2 nitrogen and oxygen atoms in total. The minimum atomic E-state index is 0.233. The lowest BCUT2D eigenvalue weighted by molar-refractivity contribution is -0.133. The Morgan fingerprint density at radius 1 is 1.11 bits per heavy atom. The normalized spacial score (nSPS) is 17.4. The fraction of sp³-hybridized carbons (Fsp3) is 0.375. The Bertz CT molecular complexity index is 533. The summed E-state index contributed by atoms with van der Waals surface area (Å²) in [6, 6.07) is 14.5. The number of benzene rings is 2. The van der Waals surface area contributed by atoms with Crippen LogP contribution in [0.2, 0.25) is 0 Å². The first-order valence-electron chi connectivity index (χ1n) is 6.51. The van der Waals surface area contributed by atoms with Crippen molar-refractivity contribution in [3.05, 3.63) is 42.5 Å². The fourth-order valence-electron chi connectivity index (χ4n) is 2.33. The molecule has 0 atom stereocenters. The molecule has 1 saturated heterocycles. The molecule has 0 aliphatic carbocycles. The highest BCUT2D eigenvalue weighted by Gasteiger charge is 2.37. The number of hydrogen-bond acceptors (Lipinski definition) is 2. The molecule has 2 aromatic rings. The van der Waals surface area contributed by atoms with Crippen LogP contribution in [0.25, 0.3) is 10.8 Å². The van der Waals surface area contributed by atoms with Crippen LogP contribution in [0.5, 0.6) is 5.75 Å². The number of ether oxygens (including phenoxy) is 2. The smallest absolute Gasteiger partial charge is 0.127 e. The first-order chi connectivity index (χ1) is 8.83. The summed E-state index contributed by atoms with van der Waals surface area (Å²) in [6.45, 7) is 4.61. The van der Waals surface area contributed by atoms with Crippen molar-refractivity contribution in [1.29, 1.82) is 0 Å². The largest absolute Gasteiger partial charge is 0.492 e. The monoisotopic (exact) mass is 242 g/mol. The van der Waals surface area contributed by atoms with E-state index in [1.165, 1.54) is 10.8 Å². The second-order valence-electron chi connectivity index (χ2n) is 5.11. The minimum Gasteiger partial charge on any atom is -0.492 e. The lowest BCUT2D eigenvalue weighted by atomic mass is 9.84. The third-order valence-corrected chi connectivity index (χ3v) is 3.85. The summed E-state index contributed by atoms with van der Waals surface area (Å²) in [7, 11) is 0. The van der Waals surface area contributed by atoms with Gasteiger partial charge in [-0.15, -0.1) is 0 Å². The molecule has 18 heavy (non-hydrogen) atoms. The van der Waals surface area contributed by atoms with Gasteiger partial charge in [0.2, 0.25) is 0 Å². The van der Waals surface area contributed by atoms with Gasteiger partial charge in [0.05, 0.1) is 25.2 Å². The average molecular weight is 242 g/mol. The first-order valence-corrected chi connectivity index (χ1v) is 6.51. The lowest BCUT2D eigenvalue weighted by Crippen LogP contribution is -2.46. The molecule has 2 heteroatoms. The summed E-state index contributed by atoms with van der Waals surface area (Å²) in [5.41, 5.74) is 0.233. The van der Waals surface area contributed by atoms with E-state index in [1.54, 1.807) is 0 Å². The predicted octanol–water partition coefficient (Wildman–Crippen LogP) is 3.65. The van der Waals surface area contributed by atoms with Gasteiger partial charge in [0.1, 0.15) is 5.75 Å². The van der Waals surface area contributed by atoms with E-state index in [2.05, 4.69) is 37.3 Å². The first kappa shape index (κ1) is 11.5. The third-order valence-electron chi connectivity index (χ3n) is 3.85. The molecule has 0 radical (unpaired) electrons. The molecule has 0 unspecified atom stereocenters. The van der Waals surface area contributed by atoms with E-state index < -0.39 is 0 Å². The molecule has 0 N–H and O–H groups in total. The maximum Gasteiger partial charge on any atom is 0.127 e. The van der Waals surface area contributed by atoms with Crippen LogP contribution in [-0.4, -0.2) is 19.8 Å². The van der Waals surface area contributed by atoms with Crippen LogP contribution in [0.3, 0.4) is 0 Å². The summed E-state index contributed by atoms with van der Waals surface area (Å²) in [5.74, 6) is 0.979. The van der Waals surface area contributed by atoms with Gasteiger partial charge in [0.15, 0.2) is 0 Å². The zero-order valence-electron chi connectivity index (χ0n) is 10.7. The van der Waals surface area contributed by atoms with Crippen LogP contribution >= 0.6 is 0 Å². The molecule has 0 saturated carbocycles. The van der Waals surface area contributed by atoms with Crippen molar-refractivity contribution >= 4 is 10.8 Å². The van der Waals surface area contributed by atoms with Gasteiger partial charge in [-0.05, 0) is 17.9 Å². The van der Waals surface area contributed by atoms with Crippen molar-refractivity contribution in [1.82, 2.24) is 0 Å². The second-order valence-corrected chi connectivity index (χ2v) is 5.11. The highest BCUT2D eigenvalue weighted by Crippen LogP contribution is 2.33. The maximum atomic E-state index is 6.04. The van der Waals surface area contributed by atoms with Crippen molar-refractivity contribution in [2.24, 2.45) is 5.41 Å². The number of rotatable bonds is 4. The number of fused-ring (bicyclic) bond motifs is 1. The van der Waals surface area contributed by atoms with Crippen LogP contribution in [0.15, 0.2) is 42.5 Å². The SMILES string of the molecule is CCC1(COc2cccc3ccccc23)COC1.